The van der Waals surface area contributed by atoms with E-state index < -0.39 is 0 Å². The van der Waals surface area contributed by atoms with Gasteiger partial charge in [0.2, 0.25) is 0 Å². The van der Waals surface area contributed by atoms with Crippen LogP contribution < -0.4 is 10.6 Å². The van der Waals surface area contributed by atoms with E-state index in [4.69, 9.17) is 5.26 Å². The number of benzene rings is 1. The Bertz CT molecular complexity index is 417. The lowest BCUT2D eigenvalue weighted by Gasteiger charge is -2.18. The number of nitrogens with one attached hydrogen (secondary N) is 2. The maximum atomic E-state index is 8.99. The van der Waals surface area contributed by atoms with E-state index in [1.165, 1.54) is 0 Å². The van der Waals surface area contributed by atoms with Gasteiger partial charge in [-0.1, -0.05) is 12.1 Å². The second-order valence-electron chi connectivity index (χ2n) is 4.97. The van der Waals surface area contributed by atoms with E-state index in [0.717, 1.165) is 18.7 Å². The third-order valence-electron chi connectivity index (χ3n) is 2.99. The maximum Gasteiger partial charge on any atom is 0.101 e. The molecule has 0 bridgehead atoms. The topological polar surface area (TPSA) is 47.9 Å². The van der Waals surface area contributed by atoms with E-state index in [1.807, 2.05) is 24.3 Å². The molecule has 3 nitrogen and oxygen atoms in total. The molecule has 0 aromatic heterocycles. The van der Waals surface area contributed by atoms with Gasteiger partial charge in [-0.2, -0.15) is 5.26 Å². The molecule has 1 aromatic rings. The van der Waals surface area contributed by atoms with Gasteiger partial charge in [0.25, 0.3) is 0 Å². The number of rotatable bonds is 2. The minimum Gasteiger partial charge on any atom is -0.380 e. The van der Waals surface area contributed by atoms with Gasteiger partial charge in [-0.15, -0.1) is 0 Å². The Balaban J connectivity index is 2.08. The monoisotopic (exact) mass is 215 g/mol. The largest absolute Gasteiger partial charge is 0.380 e. The van der Waals surface area contributed by atoms with Crippen LogP contribution in [0.25, 0.3) is 0 Å². The van der Waals surface area contributed by atoms with Gasteiger partial charge in [0.15, 0.2) is 0 Å². The summed E-state index contributed by atoms with van der Waals surface area (Å²) in [6.45, 7) is 5.35. The standard InChI is InChI=1S/C13H17N3/c1-13(2)7-11(9-15-13)16-12-6-4-3-5-10(12)8-14/h3-6,11,15-16H,7,9H2,1-2H3. The fourth-order valence-corrected chi connectivity index (χ4v) is 2.19. The van der Waals surface area contributed by atoms with Gasteiger partial charge in [-0.05, 0) is 32.4 Å². The predicted octanol–water partition coefficient (Wildman–Crippen LogP) is 2.11. The highest BCUT2D eigenvalue weighted by Crippen LogP contribution is 2.22. The first-order valence-corrected chi connectivity index (χ1v) is 5.61. The van der Waals surface area contributed by atoms with Crippen molar-refractivity contribution >= 4 is 5.69 Å². The molecule has 1 fully saturated rings. The lowest BCUT2D eigenvalue weighted by atomic mass is 10.0. The SMILES string of the molecule is CC1(C)CC(Nc2ccccc2C#N)CN1. The first-order chi connectivity index (χ1) is 7.61. The summed E-state index contributed by atoms with van der Waals surface area (Å²) in [6, 6.07) is 10.3. The zero-order valence-electron chi connectivity index (χ0n) is 9.75. The fourth-order valence-electron chi connectivity index (χ4n) is 2.19. The summed E-state index contributed by atoms with van der Waals surface area (Å²) in [5.41, 5.74) is 1.85. The quantitative estimate of drug-likeness (QED) is 0.794. The molecular weight excluding hydrogens is 198 g/mol. The van der Waals surface area contributed by atoms with E-state index in [-0.39, 0.29) is 5.54 Å². The summed E-state index contributed by atoms with van der Waals surface area (Å²) < 4.78 is 0. The van der Waals surface area contributed by atoms with E-state index in [9.17, 15) is 0 Å². The zero-order chi connectivity index (χ0) is 11.6. The van der Waals surface area contributed by atoms with Crippen molar-refractivity contribution in [3.05, 3.63) is 29.8 Å². The van der Waals surface area contributed by atoms with Gasteiger partial charge in [-0.25, -0.2) is 0 Å². The van der Waals surface area contributed by atoms with Crippen molar-refractivity contribution in [2.45, 2.75) is 31.8 Å². The van der Waals surface area contributed by atoms with E-state index >= 15 is 0 Å². The van der Waals surface area contributed by atoms with Crippen LogP contribution in [0.15, 0.2) is 24.3 Å². The van der Waals surface area contributed by atoms with Gasteiger partial charge < -0.3 is 10.6 Å². The third-order valence-corrected chi connectivity index (χ3v) is 2.99. The number of para-hydroxylation sites is 1. The molecular formula is C13H17N3. The smallest absolute Gasteiger partial charge is 0.101 e. The van der Waals surface area contributed by atoms with E-state index in [1.54, 1.807) is 0 Å². The summed E-state index contributed by atoms with van der Waals surface area (Å²) in [6.07, 6.45) is 1.08. The van der Waals surface area contributed by atoms with Crippen LogP contribution in [0.3, 0.4) is 0 Å². The first-order valence-electron chi connectivity index (χ1n) is 5.61. The summed E-state index contributed by atoms with van der Waals surface area (Å²) in [4.78, 5) is 0. The summed E-state index contributed by atoms with van der Waals surface area (Å²) in [5, 5.41) is 15.9. The minimum atomic E-state index is 0.194. The van der Waals surface area contributed by atoms with E-state index in [0.29, 0.717) is 11.6 Å². The third kappa shape index (κ3) is 2.34. The Morgan fingerprint density at radius 2 is 2.19 bits per heavy atom. The van der Waals surface area contributed by atoms with Crippen molar-refractivity contribution in [2.24, 2.45) is 0 Å². The van der Waals surface area contributed by atoms with Gasteiger partial charge in [0, 0.05) is 18.1 Å². The fraction of sp³-hybridized carbons (Fsp3) is 0.462. The van der Waals surface area contributed by atoms with Crippen molar-refractivity contribution in [3.8, 4) is 6.07 Å². The van der Waals surface area contributed by atoms with Crippen LogP contribution in [-0.2, 0) is 0 Å². The molecule has 0 amide bonds. The van der Waals surface area contributed by atoms with Gasteiger partial charge in [-0.3, -0.25) is 0 Å². The molecule has 1 atom stereocenters. The Hall–Kier alpha value is -1.53. The molecule has 2 N–H and O–H groups in total. The molecule has 3 heteroatoms. The molecule has 16 heavy (non-hydrogen) atoms. The molecule has 1 heterocycles. The molecule has 1 saturated heterocycles. The van der Waals surface area contributed by atoms with Crippen LogP contribution in [-0.4, -0.2) is 18.1 Å². The number of nitrogens with zero attached hydrogens (tertiary/aromatic N) is 1. The molecule has 2 rings (SSSR count). The highest BCUT2D eigenvalue weighted by Gasteiger charge is 2.30. The molecule has 0 spiro atoms. The Kier molecular flexibility index (Phi) is 2.84. The lowest BCUT2D eigenvalue weighted by Crippen LogP contribution is -2.31. The number of anilines is 1. The van der Waals surface area contributed by atoms with Crippen molar-refractivity contribution in [1.82, 2.24) is 5.32 Å². The van der Waals surface area contributed by atoms with Crippen molar-refractivity contribution < 1.29 is 0 Å². The van der Waals surface area contributed by atoms with Crippen LogP contribution in [0.1, 0.15) is 25.8 Å². The van der Waals surface area contributed by atoms with Crippen LogP contribution in [0.5, 0.6) is 0 Å². The normalized spacial score (nSPS) is 22.7. The highest BCUT2D eigenvalue weighted by atomic mass is 15.1. The average molecular weight is 215 g/mol. The molecule has 1 aromatic carbocycles. The van der Waals surface area contributed by atoms with Crippen molar-refractivity contribution in [2.75, 3.05) is 11.9 Å². The summed E-state index contributed by atoms with van der Waals surface area (Å²) in [7, 11) is 0. The number of nitriles is 1. The Morgan fingerprint density at radius 1 is 1.44 bits per heavy atom. The van der Waals surface area contributed by atoms with Gasteiger partial charge >= 0.3 is 0 Å². The van der Waals surface area contributed by atoms with Crippen LogP contribution >= 0.6 is 0 Å². The molecule has 84 valence electrons. The van der Waals surface area contributed by atoms with Gasteiger partial charge in [0.1, 0.15) is 6.07 Å². The maximum absolute atomic E-state index is 8.99. The molecule has 0 aliphatic carbocycles. The Morgan fingerprint density at radius 3 is 2.81 bits per heavy atom. The minimum absolute atomic E-state index is 0.194. The summed E-state index contributed by atoms with van der Waals surface area (Å²) >= 11 is 0. The second-order valence-corrected chi connectivity index (χ2v) is 4.97. The van der Waals surface area contributed by atoms with Crippen LogP contribution in [0.2, 0.25) is 0 Å². The zero-order valence-corrected chi connectivity index (χ0v) is 9.75. The second kappa shape index (κ2) is 4.15. The first kappa shape index (κ1) is 11.0. The average Bonchev–Trinajstić information content (AvgIpc) is 2.59. The van der Waals surface area contributed by atoms with Crippen LogP contribution in [0.4, 0.5) is 5.69 Å². The highest BCUT2D eigenvalue weighted by molar-refractivity contribution is 5.57. The number of hydrogen-bond donors (Lipinski definition) is 2. The summed E-state index contributed by atoms with van der Waals surface area (Å²) in [5.74, 6) is 0. The molecule has 0 radical (unpaired) electrons. The molecule has 1 unspecified atom stereocenters. The van der Waals surface area contributed by atoms with Crippen molar-refractivity contribution in [1.29, 1.82) is 5.26 Å². The molecule has 0 saturated carbocycles. The van der Waals surface area contributed by atoms with E-state index in [2.05, 4.69) is 30.6 Å². The molecule has 1 aliphatic rings. The predicted molar refractivity (Wildman–Crippen MR) is 65.3 cm³/mol. The number of hydrogen-bond acceptors (Lipinski definition) is 3. The lowest BCUT2D eigenvalue weighted by molar-refractivity contribution is 0.457. The molecule has 1 aliphatic heterocycles. The Labute approximate surface area is 96.5 Å². The van der Waals surface area contributed by atoms with Gasteiger partial charge in [0.05, 0.1) is 11.3 Å². The van der Waals surface area contributed by atoms with Crippen molar-refractivity contribution in [3.63, 3.8) is 0 Å². The van der Waals surface area contributed by atoms with Crippen LogP contribution in [0, 0.1) is 11.3 Å².